The quantitative estimate of drug-likeness (QED) is 0.868. The Hall–Kier alpha value is -2.55. The van der Waals surface area contributed by atoms with Crippen molar-refractivity contribution < 1.29 is 17.9 Å². The molecule has 1 aromatic carbocycles. The van der Waals surface area contributed by atoms with E-state index in [1.807, 2.05) is 30.3 Å². The summed E-state index contributed by atoms with van der Waals surface area (Å²) >= 11 is 0. The smallest absolute Gasteiger partial charge is 0.381 e. The number of aromatic amines is 1. The van der Waals surface area contributed by atoms with Crippen LogP contribution in [-0.2, 0) is 24.0 Å². The van der Waals surface area contributed by atoms with Crippen LogP contribution >= 0.6 is 0 Å². The summed E-state index contributed by atoms with van der Waals surface area (Å²) in [5.74, 6) is 0. The molecule has 0 radical (unpaired) electrons. The first-order valence-corrected chi connectivity index (χ1v) is 9.17. The van der Waals surface area contributed by atoms with Gasteiger partial charge in [-0.05, 0) is 30.0 Å². The Labute approximate surface area is 159 Å². The van der Waals surface area contributed by atoms with Crippen LogP contribution < -0.4 is 15.4 Å². The molecule has 2 aromatic rings. The number of anilines is 2. The summed E-state index contributed by atoms with van der Waals surface area (Å²) in [7, 11) is 2.02. The molecule has 0 atom stereocenters. The van der Waals surface area contributed by atoms with E-state index in [0.717, 1.165) is 35.9 Å². The van der Waals surface area contributed by atoms with Crippen LogP contribution in [0.25, 0.3) is 0 Å². The number of halogens is 3. The summed E-state index contributed by atoms with van der Waals surface area (Å²) in [6.45, 7) is 2.03. The summed E-state index contributed by atoms with van der Waals surface area (Å²) < 4.78 is 45.8. The van der Waals surface area contributed by atoms with Crippen molar-refractivity contribution >= 4 is 11.4 Å². The average molecular weight is 394 g/mol. The maximum atomic E-state index is 13.4. The van der Waals surface area contributed by atoms with Crippen LogP contribution in [0.1, 0.15) is 29.5 Å². The molecule has 1 aromatic heterocycles. The average Bonchev–Trinajstić information content (AvgIpc) is 3.11. The summed E-state index contributed by atoms with van der Waals surface area (Å²) in [4.78, 5) is 15.6. The Morgan fingerprint density at radius 1 is 1.25 bits per heavy atom. The minimum Gasteiger partial charge on any atom is -0.381 e. The van der Waals surface area contributed by atoms with E-state index in [1.54, 1.807) is 4.90 Å². The van der Waals surface area contributed by atoms with Gasteiger partial charge in [-0.2, -0.15) is 18.3 Å². The number of hydrogen-bond acceptors (Lipinski definition) is 5. The zero-order chi connectivity index (χ0) is 19.9. The van der Waals surface area contributed by atoms with Crippen molar-refractivity contribution in [3.05, 3.63) is 51.4 Å². The highest BCUT2D eigenvalue weighted by Gasteiger charge is 2.40. The predicted molar refractivity (Wildman–Crippen MR) is 98.4 cm³/mol. The van der Waals surface area contributed by atoms with Gasteiger partial charge in [0.15, 0.2) is 0 Å². The number of hydrogen-bond donors (Lipinski definition) is 1. The Morgan fingerprint density at radius 3 is 2.71 bits per heavy atom. The normalized spacial score (nSPS) is 17.6. The molecule has 1 fully saturated rings. The summed E-state index contributed by atoms with van der Waals surface area (Å²) in [6, 6.07) is 6.18. The van der Waals surface area contributed by atoms with E-state index in [-0.39, 0.29) is 5.69 Å². The van der Waals surface area contributed by atoms with Gasteiger partial charge in [-0.3, -0.25) is 4.79 Å². The number of aromatic nitrogens is 2. The van der Waals surface area contributed by atoms with Crippen molar-refractivity contribution in [2.45, 2.75) is 38.1 Å². The van der Waals surface area contributed by atoms with Gasteiger partial charge < -0.3 is 14.5 Å². The maximum absolute atomic E-state index is 13.4. The predicted octanol–water partition coefficient (Wildman–Crippen LogP) is 2.92. The van der Waals surface area contributed by atoms with E-state index in [9.17, 15) is 18.0 Å². The van der Waals surface area contributed by atoms with Crippen molar-refractivity contribution in [1.82, 2.24) is 10.2 Å². The molecule has 1 N–H and O–H groups in total. The van der Waals surface area contributed by atoms with Gasteiger partial charge >= 0.3 is 6.18 Å². The maximum Gasteiger partial charge on any atom is 0.423 e. The van der Waals surface area contributed by atoms with Gasteiger partial charge in [-0.1, -0.05) is 12.1 Å². The van der Waals surface area contributed by atoms with Crippen LogP contribution in [0.4, 0.5) is 24.5 Å². The molecule has 0 aliphatic carbocycles. The Balaban J connectivity index is 1.67. The number of ether oxygens (including phenoxy) is 1. The van der Waals surface area contributed by atoms with Crippen LogP contribution in [0, 0.1) is 0 Å². The summed E-state index contributed by atoms with van der Waals surface area (Å²) in [5, 5.41) is 5.49. The number of rotatable bonds is 3. The molecule has 9 heteroatoms. The number of nitrogens with one attached hydrogen (secondary N) is 1. The van der Waals surface area contributed by atoms with Crippen LogP contribution in [0.15, 0.2) is 29.2 Å². The first-order chi connectivity index (χ1) is 13.4. The second-order valence-corrected chi connectivity index (χ2v) is 7.18. The standard InChI is InChI=1S/C19H21F3N4O2/c1-25(13-5-7-28-8-6-13)15-4-2-3-12-10-26(11-14(12)15)16-9-23-24-18(27)17(16)19(20,21)22/h2-4,9,13H,5-8,10-11H2,1H3,(H,24,27). The molecule has 2 aliphatic heterocycles. The van der Waals surface area contributed by atoms with E-state index < -0.39 is 17.3 Å². The topological polar surface area (TPSA) is 61.5 Å². The Bertz CT molecular complexity index is 922. The first kappa shape index (κ1) is 18.8. The molecular formula is C19H21F3N4O2. The van der Waals surface area contributed by atoms with Crippen LogP contribution in [0.3, 0.4) is 0 Å². The van der Waals surface area contributed by atoms with E-state index in [4.69, 9.17) is 4.74 Å². The third-order valence-electron chi connectivity index (χ3n) is 5.54. The highest BCUT2D eigenvalue weighted by molar-refractivity contribution is 5.64. The molecule has 28 heavy (non-hydrogen) atoms. The molecule has 2 aliphatic rings. The second kappa shape index (κ2) is 7.12. The number of benzene rings is 1. The molecule has 150 valence electrons. The van der Waals surface area contributed by atoms with Crippen molar-refractivity contribution in [3.63, 3.8) is 0 Å². The van der Waals surface area contributed by atoms with Crippen molar-refractivity contribution in [2.75, 3.05) is 30.1 Å². The molecule has 0 spiro atoms. The van der Waals surface area contributed by atoms with Crippen molar-refractivity contribution in [1.29, 1.82) is 0 Å². The largest absolute Gasteiger partial charge is 0.423 e. The third-order valence-corrected chi connectivity index (χ3v) is 5.54. The lowest BCUT2D eigenvalue weighted by Crippen LogP contribution is -2.37. The lowest BCUT2D eigenvalue weighted by Gasteiger charge is -2.34. The second-order valence-electron chi connectivity index (χ2n) is 7.18. The van der Waals surface area contributed by atoms with Gasteiger partial charge in [0.05, 0.1) is 11.9 Å². The van der Waals surface area contributed by atoms with E-state index in [0.29, 0.717) is 32.3 Å². The molecule has 0 unspecified atom stereocenters. The molecule has 0 amide bonds. The number of nitrogens with zero attached hydrogens (tertiary/aromatic N) is 3. The van der Waals surface area contributed by atoms with Gasteiger partial charge in [0.2, 0.25) is 0 Å². The highest BCUT2D eigenvalue weighted by atomic mass is 19.4. The molecule has 4 rings (SSSR count). The van der Waals surface area contributed by atoms with Crippen molar-refractivity contribution in [2.24, 2.45) is 0 Å². The first-order valence-electron chi connectivity index (χ1n) is 9.17. The minimum atomic E-state index is -4.75. The van der Waals surface area contributed by atoms with Gasteiger partial charge in [0.25, 0.3) is 5.56 Å². The van der Waals surface area contributed by atoms with E-state index in [2.05, 4.69) is 10.00 Å². The van der Waals surface area contributed by atoms with E-state index in [1.165, 1.54) is 0 Å². The highest BCUT2D eigenvalue weighted by Crippen LogP contribution is 2.39. The van der Waals surface area contributed by atoms with Gasteiger partial charge in [-0.25, -0.2) is 5.10 Å². The zero-order valence-electron chi connectivity index (χ0n) is 15.4. The Kier molecular flexibility index (Phi) is 4.78. The lowest BCUT2D eigenvalue weighted by atomic mass is 10.0. The molecule has 1 saturated heterocycles. The fourth-order valence-electron chi connectivity index (χ4n) is 4.08. The fourth-order valence-corrected chi connectivity index (χ4v) is 4.08. The van der Waals surface area contributed by atoms with Crippen LogP contribution in [-0.4, -0.2) is 36.5 Å². The fraction of sp³-hybridized carbons (Fsp3) is 0.474. The summed E-state index contributed by atoms with van der Waals surface area (Å²) in [6.07, 6.45) is -1.83. The number of H-pyrrole nitrogens is 1. The number of alkyl halides is 3. The molecular weight excluding hydrogens is 373 g/mol. The van der Waals surface area contributed by atoms with E-state index >= 15 is 0 Å². The molecule has 3 heterocycles. The Morgan fingerprint density at radius 2 is 2.00 bits per heavy atom. The van der Waals surface area contributed by atoms with Gasteiger partial charge in [-0.15, -0.1) is 0 Å². The third kappa shape index (κ3) is 3.34. The summed E-state index contributed by atoms with van der Waals surface area (Å²) in [5.41, 5.74) is 0.357. The molecule has 0 saturated carbocycles. The van der Waals surface area contributed by atoms with Crippen LogP contribution in [0.2, 0.25) is 0 Å². The van der Waals surface area contributed by atoms with Gasteiger partial charge in [0.1, 0.15) is 5.56 Å². The van der Waals surface area contributed by atoms with Crippen LogP contribution in [0.5, 0.6) is 0 Å². The SMILES string of the molecule is CN(c1cccc2c1CN(c1cn[nH]c(=O)c1C(F)(F)F)C2)C1CCOCC1. The van der Waals surface area contributed by atoms with Crippen molar-refractivity contribution in [3.8, 4) is 0 Å². The van der Waals surface area contributed by atoms with Gasteiger partial charge in [0, 0.05) is 45.1 Å². The molecule has 6 nitrogen and oxygen atoms in total. The minimum absolute atomic E-state index is 0.188. The monoisotopic (exact) mass is 394 g/mol. The molecule has 0 bridgehead atoms. The number of fused-ring (bicyclic) bond motifs is 1. The lowest BCUT2D eigenvalue weighted by molar-refractivity contribution is -0.138. The zero-order valence-corrected chi connectivity index (χ0v) is 15.4.